The van der Waals surface area contributed by atoms with Crippen molar-refractivity contribution in [1.82, 2.24) is 25.3 Å². The number of anilines is 1. The molecule has 2 saturated heterocycles. The van der Waals surface area contributed by atoms with E-state index in [9.17, 15) is 18.8 Å². The zero-order valence-electron chi connectivity index (χ0n) is 17.5. The quantitative estimate of drug-likeness (QED) is 0.602. The number of fused-ring (bicyclic) bond motifs is 1. The van der Waals surface area contributed by atoms with Crippen LogP contribution >= 0.6 is 0 Å². The van der Waals surface area contributed by atoms with Gasteiger partial charge in [-0.05, 0) is 36.6 Å². The molecule has 0 bridgehead atoms. The molecule has 3 amide bonds. The monoisotopic (exact) mass is 440 g/mol. The first-order valence-electron chi connectivity index (χ1n) is 10.9. The third kappa shape index (κ3) is 3.86. The Morgan fingerprint density at radius 3 is 2.91 bits per heavy atom. The summed E-state index contributed by atoms with van der Waals surface area (Å²) in [6, 6.07) is 4.76. The number of amides is 3. The Morgan fingerprint density at radius 1 is 1.22 bits per heavy atom. The van der Waals surface area contributed by atoms with Crippen LogP contribution in [0.3, 0.4) is 0 Å². The van der Waals surface area contributed by atoms with Gasteiger partial charge >= 0.3 is 0 Å². The average Bonchev–Trinajstić information content (AvgIpc) is 3.37. The van der Waals surface area contributed by atoms with Crippen LogP contribution in [0.25, 0.3) is 0 Å². The van der Waals surface area contributed by atoms with Gasteiger partial charge in [0.2, 0.25) is 11.8 Å². The summed E-state index contributed by atoms with van der Waals surface area (Å²) in [6.45, 7) is 1.99. The molecule has 2 fully saturated rings. The normalized spacial score (nSPS) is 25.6. The number of carbonyl (C=O) groups excluding carboxylic acids is 3. The van der Waals surface area contributed by atoms with E-state index < -0.39 is 18.1 Å². The van der Waals surface area contributed by atoms with Gasteiger partial charge in [0.1, 0.15) is 12.2 Å². The number of halogens is 1. The van der Waals surface area contributed by atoms with Crippen molar-refractivity contribution in [3.63, 3.8) is 0 Å². The van der Waals surface area contributed by atoms with Crippen LogP contribution in [0.4, 0.5) is 10.1 Å². The second kappa shape index (κ2) is 8.34. The summed E-state index contributed by atoms with van der Waals surface area (Å²) in [5.74, 6) is -0.891. The van der Waals surface area contributed by atoms with Crippen molar-refractivity contribution in [3.8, 4) is 0 Å². The van der Waals surface area contributed by atoms with E-state index in [0.717, 1.165) is 23.4 Å². The van der Waals surface area contributed by atoms with Crippen molar-refractivity contribution < 1.29 is 18.8 Å². The summed E-state index contributed by atoms with van der Waals surface area (Å²) in [5, 5.41) is 13.0. The summed E-state index contributed by atoms with van der Waals surface area (Å²) in [5.41, 5.74) is 3.24. The van der Waals surface area contributed by atoms with E-state index in [-0.39, 0.29) is 24.3 Å². The average molecular weight is 440 g/mol. The van der Waals surface area contributed by atoms with Gasteiger partial charge in [-0.25, -0.2) is 4.39 Å². The summed E-state index contributed by atoms with van der Waals surface area (Å²) in [6.07, 6.45) is 3.84. The van der Waals surface area contributed by atoms with Crippen molar-refractivity contribution in [1.29, 1.82) is 0 Å². The lowest BCUT2D eigenvalue weighted by atomic mass is 10.0. The molecule has 3 atom stereocenters. The number of alkyl halides is 1. The number of carbonyl (C=O) groups is 3. The molecule has 10 heteroatoms. The van der Waals surface area contributed by atoms with E-state index in [1.807, 2.05) is 18.3 Å². The SMILES string of the molecule is O=C1CCC(N2Cc3cc(CNc4cnn([C@@H]5CCNC[C@H]5F)c4)ccc3C2=O)C(=O)N1. The van der Waals surface area contributed by atoms with Crippen molar-refractivity contribution in [2.45, 2.75) is 50.6 Å². The molecule has 5 rings (SSSR count). The van der Waals surface area contributed by atoms with Gasteiger partial charge in [-0.3, -0.25) is 24.4 Å². The van der Waals surface area contributed by atoms with Crippen LogP contribution < -0.4 is 16.0 Å². The molecule has 0 radical (unpaired) electrons. The van der Waals surface area contributed by atoms with Crippen molar-refractivity contribution in [2.75, 3.05) is 18.4 Å². The second-order valence-electron chi connectivity index (χ2n) is 8.53. The number of imide groups is 1. The highest BCUT2D eigenvalue weighted by Crippen LogP contribution is 2.28. The van der Waals surface area contributed by atoms with Gasteiger partial charge in [0.15, 0.2) is 0 Å². The number of nitrogens with zero attached hydrogens (tertiary/aromatic N) is 3. The molecule has 9 nitrogen and oxygen atoms in total. The van der Waals surface area contributed by atoms with Gasteiger partial charge in [0.05, 0.1) is 17.9 Å². The fourth-order valence-corrected chi connectivity index (χ4v) is 4.66. The molecule has 4 heterocycles. The van der Waals surface area contributed by atoms with Gasteiger partial charge in [-0.2, -0.15) is 5.10 Å². The number of aromatic nitrogens is 2. The highest BCUT2D eigenvalue weighted by Gasteiger charge is 2.39. The van der Waals surface area contributed by atoms with Crippen LogP contribution in [0.5, 0.6) is 0 Å². The van der Waals surface area contributed by atoms with Crippen LogP contribution in [0.15, 0.2) is 30.6 Å². The topological polar surface area (TPSA) is 108 Å². The molecule has 1 aromatic carbocycles. The minimum Gasteiger partial charge on any atom is -0.378 e. The second-order valence-corrected chi connectivity index (χ2v) is 8.53. The lowest BCUT2D eigenvalue weighted by Gasteiger charge is -2.29. The van der Waals surface area contributed by atoms with E-state index in [0.29, 0.717) is 38.0 Å². The summed E-state index contributed by atoms with van der Waals surface area (Å²) in [7, 11) is 0. The molecule has 0 saturated carbocycles. The van der Waals surface area contributed by atoms with E-state index >= 15 is 0 Å². The molecule has 0 aliphatic carbocycles. The van der Waals surface area contributed by atoms with Gasteiger partial charge in [0, 0.05) is 37.8 Å². The maximum atomic E-state index is 14.1. The maximum absolute atomic E-state index is 14.1. The van der Waals surface area contributed by atoms with Crippen LogP contribution in [0.2, 0.25) is 0 Å². The Labute approximate surface area is 184 Å². The largest absolute Gasteiger partial charge is 0.378 e. The molecule has 3 aliphatic heterocycles. The highest BCUT2D eigenvalue weighted by atomic mass is 19.1. The fraction of sp³-hybridized carbons (Fsp3) is 0.455. The Hall–Kier alpha value is -3.27. The lowest BCUT2D eigenvalue weighted by Crippen LogP contribution is -2.52. The van der Waals surface area contributed by atoms with Gasteiger partial charge in [-0.15, -0.1) is 0 Å². The van der Waals surface area contributed by atoms with Gasteiger partial charge < -0.3 is 15.5 Å². The Balaban J connectivity index is 1.23. The van der Waals surface area contributed by atoms with Crippen molar-refractivity contribution >= 4 is 23.4 Å². The Morgan fingerprint density at radius 2 is 2.09 bits per heavy atom. The number of hydrogen-bond donors (Lipinski definition) is 3. The Bertz CT molecular complexity index is 1070. The molecule has 1 aromatic heterocycles. The molecule has 0 spiro atoms. The van der Waals surface area contributed by atoms with E-state index in [1.54, 1.807) is 21.8 Å². The molecule has 32 heavy (non-hydrogen) atoms. The van der Waals surface area contributed by atoms with E-state index in [1.165, 1.54) is 0 Å². The third-order valence-electron chi connectivity index (χ3n) is 6.40. The molecule has 3 aliphatic rings. The maximum Gasteiger partial charge on any atom is 0.255 e. The van der Waals surface area contributed by atoms with Crippen molar-refractivity contribution in [2.24, 2.45) is 0 Å². The smallest absolute Gasteiger partial charge is 0.255 e. The first-order chi connectivity index (χ1) is 15.5. The van der Waals surface area contributed by atoms with E-state index in [4.69, 9.17) is 0 Å². The fourth-order valence-electron chi connectivity index (χ4n) is 4.66. The number of benzene rings is 1. The van der Waals surface area contributed by atoms with Gasteiger partial charge in [-0.1, -0.05) is 12.1 Å². The molecule has 2 aromatic rings. The first kappa shape index (κ1) is 20.6. The number of nitrogens with one attached hydrogen (secondary N) is 3. The highest BCUT2D eigenvalue weighted by molar-refractivity contribution is 6.05. The first-order valence-corrected chi connectivity index (χ1v) is 10.9. The predicted molar refractivity (Wildman–Crippen MR) is 113 cm³/mol. The number of hydrogen-bond acceptors (Lipinski definition) is 6. The van der Waals surface area contributed by atoms with Crippen LogP contribution in [0.1, 0.15) is 46.8 Å². The Kier molecular flexibility index (Phi) is 5.38. The summed E-state index contributed by atoms with van der Waals surface area (Å²) in [4.78, 5) is 37.9. The predicted octanol–water partition coefficient (Wildman–Crippen LogP) is 1.13. The molecule has 1 unspecified atom stereocenters. The van der Waals surface area contributed by atoms with Crippen LogP contribution in [-0.4, -0.2) is 57.7 Å². The van der Waals surface area contributed by atoms with Crippen LogP contribution in [-0.2, 0) is 22.7 Å². The van der Waals surface area contributed by atoms with E-state index in [2.05, 4.69) is 21.0 Å². The molecule has 3 N–H and O–H groups in total. The zero-order chi connectivity index (χ0) is 22.2. The summed E-state index contributed by atoms with van der Waals surface area (Å²) >= 11 is 0. The lowest BCUT2D eigenvalue weighted by molar-refractivity contribution is -0.136. The molecular formula is C22H25FN6O3. The summed E-state index contributed by atoms with van der Waals surface area (Å²) < 4.78 is 15.8. The standard InChI is InChI=1S/C22H25FN6O3/c23-17-10-24-6-5-18(17)29-12-15(9-26-29)25-8-13-1-2-16-14(7-13)11-28(22(16)32)19-3-4-20(30)27-21(19)31/h1-2,7,9,12,17-19,24-25H,3-6,8,10-11H2,(H,27,30,31)/t17-,18-,19?/m1/s1. The third-order valence-corrected chi connectivity index (χ3v) is 6.40. The minimum atomic E-state index is -0.960. The minimum absolute atomic E-state index is 0.182. The zero-order valence-corrected chi connectivity index (χ0v) is 17.5. The molecule has 168 valence electrons. The number of rotatable bonds is 5. The molecular weight excluding hydrogens is 415 g/mol. The number of piperidine rings is 2. The van der Waals surface area contributed by atoms with Gasteiger partial charge in [0.25, 0.3) is 5.91 Å². The van der Waals surface area contributed by atoms with Crippen molar-refractivity contribution in [3.05, 3.63) is 47.3 Å². The van der Waals surface area contributed by atoms with Crippen LogP contribution in [0, 0.1) is 0 Å².